The Labute approximate surface area is 213 Å². The second kappa shape index (κ2) is 11.5. The number of nitrogens with one attached hydrogen (secondary N) is 2. The minimum absolute atomic E-state index is 0.157. The lowest BCUT2D eigenvalue weighted by molar-refractivity contribution is -0.122. The number of hydrogen-bond donors (Lipinski definition) is 2. The summed E-state index contributed by atoms with van der Waals surface area (Å²) < 4.78 is 29.2. The highest BCUT2D eigenvalue weighted by Gasteiger charge is 2.28. The predicted molar refractivity (Wildman–Crippen MR) is 140 cm³/mol. The van der Waals surface area contributed by atoms with E-state index in [0.717, 1.165) is 37.5 Å². The summed E-state index contributed by atoms with van der Waals surface area (Å²) in [5.74, 6) is -0.367. The van der Waals surface area contributed by atoms with Crippen molar-refractivity contribution in [1.82, 2.24) is 14.9 Å². The lowest BCUT2D eigenvalue weighted by Gasteiger charge is -2.36. The molecule has 180 valence electrons. The summed E-state index contributed by atoms with van der Waals surface area (Å²) in [5.41, 5.74) is 1.82. The Bertz CT molecular complexity index is 1180. The third-order valence-electron chi connectivity index (χ3n) is 5.70. The first-order valence-electron chi connectivity index (χ1n) is 11.0. The van der Waals surface area contributed by atoms with Crippen LogP contribution in [0.4, 0.5) is 5.69 Å². The van der Waals surface area contributed by atoms with Gasteiger partial charge in [0.25, 0.3) is 10.0 Å². The van der Waals surface area contributed by atoms with Gasteiger partial charge < -0.3 is 10.2 Å². The maximum atomic E-state index is 13.1. The van der Waals surface area contributed by atoms with Gasteiger partial charge in [-0.1, -0.05) is 48.5 Å². The second-order valence-electron chi connectivity index (χ2n) is 7.98. The Balaban J connectivity index is 1.33. The molecule has 0 unspecified atom stereocenters. The zero-order chi connectivity index (χ0) is 24.0. The molecule has 1 aliphatic heterocycles. The summed E-state index contributed by atoms with van der Waals surface area (Å²) in [5, 5.41) is 2.92. The molecule has 7 nitrogen and oxygen atoms in total. The molecule has 0 aliphatic carbocycles. The van der Waals surface area contributed by atoms with Gasteiger partial charge in [0.15, 0.2) is 0 Å². The highest BCUT2D eigenvalue weighted by molar-refractivity contribution is 9.11. The van der Waals surface area contributed by atoms with Crippen molar-refractivity contribution in [1.29, 1.82) is 0 Å². The van der Waals surface area contributed by atoms with E-state index in [0.29, 0.717) is 22.4 Å². The molecule has 2 heterocycles. The molecule has 1 aliphatic rings. The van der Waals surface area contributed by atoms with Crippen LogP contribution in [0.1, 0.15) is 11.6 Å². The van der Waals surface area contributed by atoms with Crippen molar-refractivity contribution >= 4 is 48.9 Å². The molecule has 1 saturated heterocycles. The van der Waals surface area contributed by atoms with Gasteiger partial charge in [0, 0.05) is 45.0 Å². The Morgan fingerprint density at radius 1 is 0.941 bits per heavy atom. The molecule has 2 aromatic carbocycles. The van der Waals surface area contributed by atoms with Gasteiger partial charge in [0.05, 0.1) is 3.79 Å². The highest BCUT2D eigenvalue weighted by atomic mass is 79.9. The smallest absolute Gasteiger partial charge is 0.251 e. The van der Waals surface area contributed by atoms with Crippen LogP contribution >= 0.6 is 27.3 Å². The first-order chi connectivity index (χ1) is 16.4. The van der Waals surface area contributed by atoms with Gasteiger partial charge in [0.1, 0.15) is 10.3 Å². The largest absolute Gasteiger partial charge is 0.369 e. The Morgan fingerprint density at radius 3 is 2.21 bits per heavy atom. The van der Waals surface area contributed by atoms with E-state index in [1.807, 2.05) is 24.3 Å². The standard InChI is InChI=1S/C24H27BrN4O3S2/c25-21-11-12-22(33-21)34(31,32)27-23(19-7-3-1-4-8-19)24(30)26-13-14-28-15-17-29(18-16-28)20-9-5-2-6-10-20/h1-12,23,27H,13-18H2,(H,26,30)/t23-/m0/s1. The van der Waals surface area contributed by atoms with Gasteiger partial charge in [0.2, 0.25) is 5.91 Å². The number of para-hydroxylation sites is 1. The molecular formula is C24H27BrN4O3S2. The number of benzene rings is 2. The van der Waals surface area contributed by atoms with Crippen LogP contribution in [0.3, 0.4) is 0 Å². The lowest BCUT2D eigenvalue weighted by Crippen LogP contribution is -2.49. The molecule has 1 fully saturated rings. The SMILES string of the molecule is O=C(NCCN1CCN(c2ccccc2)CC1)[C@@H](NS(=O)(=O)c1ccc(Br)s1)c1ccccc1. The number of amides is 1. The molecule has 2 N–H and O–H groups in total. The molecular weight excluding hydrogens is 536 g/mol. The summed E-state index contributed by atoms with van der Waals surface area (Å²) in [7, 11) is -3.85. The fraction of sp³-hybridized carbons (Fsp3) is 0.292. The number of sulfonamides is 1. The van der Waals surface area contributed by atoms with Gasteiger partial charge in [-0.3, -0.25) is 9.69 Å². The number of carbonyl (C=O) groups excluding carboxylic acids is 1. The van der Waals surface area contributed by atoms with Crippen molar-refractivity contribution in [3.63, 3.8) is 0 Å². The molecule has 4 rings (SSSR count). The molecule has 34 heavy (non-hydrogen) atoms. The van der Waals surface area contributed by atoms with Crippen molar-refractivity contribution in [3.05, 3.63) is 82.1 Å². The predicted octanol–water partition coefficient (Wildman–Crippen LogP) is 3.47. The van der Waals surface area contributed by atoms with Crippen molar-refractivity contribution in [2.45, 2.75) is 10.3 Å². The van der Waals surface area contributed by atoms with Crippen LogP contribution in [0.15, 0.2) is 80.8 Å². The van der Waals surface area contributed by atoms with Gasteiger partial charge >= 0.3 is 0 Å². The van der Waals surface area contributed by atoms with E-state index in [2.05, 4.69) is 47.9 Å². The molecule has 10 heteroatoms. The number of thiophene rings is 1. The maximum absolute atomic E-state index is 13.1. The zero-order valence-electron chi connectivity index (χ0n) is 18.6. The van der Waals surface area contributed by atoms with Crippen molar-refractivity contribution < 1.29 is 13.2 Å². The van der Waals surface area contributed by atoms with Gasteiger partial charge in [-0.2, -0.15) is 4.72 Å². The summed E-state index contributed by atoms with van der Waals surface area (Å²) in [6.07, 6.45) is 0. The quantitative estimate of drug-likeness (QED) is 0.417. The highest BCUT2D eigenvalue weighted by Crippen LogP contribution is 2.27. The summed E-state index contributed by atoms with van der Waals surface area (Å²) in [4.78, 5) is 17.7. The Kier molecular flexibility index (Phi) is 8.38. The summed E-state index contributed by atoms with van der Waals surface area (Å²) >= 11 is 4.40. The van der Waals surface area contributed by atoms with E-state index in [1.54, 1.807) is 30.3 Å². The van der Waals surface area contributed by atoms with Crippen LogP contribution in [0.25, 0.3) is 0 Å². The van der Waals surface area contributed by atoms with Crippen molar-refractivity contribution in [2.24, 2.45) is 0 Å². The van der Waals surface area contributed by atoms with Crippen molar-refractivity contribution in [3.8, 4) is 0 Å². The van der Waals surface area contributed by atoms with E-state index in [-0.39, 0.29) is 10.1 Å². The van der Waals surface area contributed by atoms with Crippen LogP contribution in [0, 0.1) is 0 Å². The normalized spacial score (nSPS) is 15.7. The van der Waals surface area contributed by atoms with Gasteiger partial charge in [-0.25, -0.2) is 8.42 Å². The molecule has 0 radical (unpaired) electrons. The summed E-state index contributed by atoms with van der Waals surface area (Å²) in [6.45, 7) is 4.83. The number of halogens is 1. The van der Waals surface area contributed by atoms with Crippen molar-refractivity contribution in [2.75, 3.05) is 44.2 Å². The van der Waals surface area contributed by atoms with Gasteiger partial charge in [-0.05, 0) is 45.8 Å². The Morgan fingerprint density at radius 2 is 1.59 bits per heavy atom. The number of hydrogen-bond acceptors (Lipinski definition) is 6. The molecule has 0 bridgehead atoms. The molecule has 1 atom stereocenters. The number of nitrogens with zero attached hydrogens (tertiary/aromatic N) is 2. The van der Waals surface area contributed by atoms with Crippen LogP contribution in [-0.2, 0) is 14.8 Å². The zero-order valence-corrected chi connectivity index (χ0v) is 21.8. The number of anilines is 1. The van der Waals surface area contributed by atoms with Crippen LogP contribution in [-0.4, -0.2) is 58.5 Å². The summed E-state index contributed by atoms with van der Waals surface area (Å²) in [6, 6.07) is 21.4. The number of piperazine rings is 1. The number of carbonyl (C=O) groups is 1. The lowest BCUT2D eigenvalue weighted by atomic mass is 10.1. The Hall–Kier alpha value is -2.24. The molecule has 3 aromatic rings. The molecule has 0 spiro atoms. The molecule has 1 aromatic heterocycles. The number of rotatable bonds is 9. The van der Waals surface area contributed by atoms with E-state index in [4.69, 9.17) is 0 Å². The van der Waals surface area contributed by atoms with E-state index in [9.17, 15) is 13.2 Å². The fourth-order valence-corrected chi connectivity index (χ4v) is 7.09. The van der Waals surface area contributed by atoms with Crippen LogP contribution in [0.5, 0.6) is 0 Å². The molecule has 0 saturated carbocycles. The van der Waals surface area contributed by atoms with Gasteiger partial charge in [-0.15, -0.1) is 11.3 Å². The first-order valence-corrected chi connectivity index (χ1v) is 14.1. The second-order valence-corrected chi connectivity index (χ2v) is 12.4. The average molecular weight is 564 g/mol. The van der Waals surface area contributed by atoms with E-state index < -0.39 is 16.1 Å². The minimum Gasteiger partial charge on any atom is -0.369 e. The average Bonchev–Trinajstić information content (AvgIpc) is 3.31. The maximum Gasteiger partial charge on any atom is 0.251 e. The van der Waals surface area contributed by atoms with E-state index >= 15 is 0 Å². The van der Waals surface area contributed by atoms with Crippen LogP contribution in [0.2, 0.25) is 0 Å². The molecule has 1 amide bonds. The van der Waals surface area contributed by atoms with Crippen LogP contribution < -0.4 is 14.9 Å². The fourth-order valence-electron chi connectivity index (χ4n) is 3.88. The third kappa shape index (κ3) is 6.45. The topological polar surface area (TPSA) is 81.8 Å². The monoisotopic (exact) mass is 562 g/mol. The van der Waals surface area contributed by atoms with E-state index in [1.165, 1.54) is 11.8 Å². The minimum atomic E-state index is -3.85. The third-order valence-corrected chi connectivity index (χ3v) is 9.24. The first kappa shape index (κ1) is 24.9.